The molecule has 0 aliphatic carbocycles. The first-order valence-electron chi connectivity index (χ1n) is 8.83. The topological polar surface area (TPSA) is 79.7 Å². The molecule has 1 atom stereocenters. The van der Waals surface area contributed by atoms with E-state index in [1.165, 1.54) is 34.8 Å². The highest BCUT2D eigenvalue weighted by atomic mass is 32.2. The molecule has 0 bridgehead atoms. The van der Waals surface area contributed by atoms with Crippen molar-refractivity contribution in [1.29, 1.82) is 0 Å². The van der Waals surface area contributed by atoms with Crippen molar-refractivity contribution in [3.63, 3.8) is 0 Å². The molecule has 2 aromatic rings. The largest absolute Gasteiger partial charge is 0.478 e. The third-order valence-electron chi connectivity index (χ3n) is 4.87. The predicted molar refractivity (Wildman–Crippen MR) is 98.4 cm³/mol. The Hall–Kier alpha value is -2.03. The molecule has 146 valence electrons. The van der Waals surface area contributed by atoms with Gasteiger partial charge < -0.3 is 9.84 Å². The fourth-order valence-electron chi connectivity index (χ4n) is 3.37. The van der Waals surface area contributed by atoms with E-state index in [4.69, 9.17) is 4.74 Å². The van der Waals surface area contributed by atoms with E-state index in [9.17, 15) is 17.9 Å². The molecule has 2 heterocycles. The molecule has 6 nitrogen and oxygen atoms in total. The number of hydrogen-bond donors (Lipinski definition) is 1. The van der Waals surface area contributed by atoms with Gasteiger partial charge in [0.2, 0.25) is 15.9 Å². The molecule has 0 radical (unpaired) electrons. The summed E-state index contributed by atoms with van der Waals surface area (Å²) in [6, 6.07) is 9.09. The van der Waals surface area contributed by atoms with Crippen LogP contribution in [0.25, 0.3) is 0 Å². The molecule has 0 amide bonds. The second-order valence-corrected chi connectivity index (χ2v) is 8.75. The van der Waals surface area contributed by atoms with Crippen LogP contribution in [0.4, 0.5) is 4.39 Å². The molecule has 1 fully saturated rings. The van der Waals surface area contributed by atoms with Gasteiger partial charge in [-0.25, -0.2) is 17.8 Å². The third kappa shape index (κ3) is 4.28. The second kappa shape index (κ2) is 7.92. The smallest absolute Gasteiger partial charge is 0.244 e. The summed E-state index contributed by atoms with van der Waals surface area (Å²) in [5, 5.41) is 9.96. The maximum atomic E-state index is 13.1. The molecule has 1 aliphatic rings. The Balaban J connectivity index is 1.76. The number of aliphatic hydroxyl groups excluding tert-OH is 1. The molecule has 27 heavy (non-hydrogen) atoms. The Bertz CT molecular complexity index is 872. The molecule has 0 saturated carbocycles. The first-order valence-corrected chi connectivity index (χ1v) is 10.3. The van der Waals surface area contributed by atoms with Crippen molar-refractivity contribution in [3.05, 3.63) is 54.0 Å². The Morgan fingerprint density at radius 2 is 2.00 bits per heavy atom. The van der Waals surface area contributed by atoms with Gasteiger partial charge in [0.05, 0.1) is 19.4 Å². The fourth-order valence-corrected chi connectivity index (χ4v) is 4.86. The molecule has 1 N–H and O–H groups in total. The van der Waals surface area contributed by atoms with Gasteiger partial charge in [0, 0.05) is 24.6 Å². The van der Waals surface area contributed by atoms with Crippen LogP contribution in [0.5, 0.6) is 5.88 Å². The molecule has 8 heteroatoms. The standard InChI is InChI=1S/C19H23FN2O4S/c1-2-26-18-8-7-17(12-21-18)27(24,25)22-10-9-19(13-22,14-23)11-15-3-5-16(20)6-4-15/h3-8,12,23H,2,9-11,13-14H2,1H3. The Morgan fingerprint density at radius 3 is 2.59 bits per heavy atom. The number of rotatable bonds is 7. The normalized spacial score (nSPS) is 20.7. The minimum absolute atomic E-state index is 0.0986. The summed E-state index contributed by atoms with van der Waals surface area (Å²) in [4.78, 5) is 4.12. The minimum atomic E-state index is -3.71. The lowest BCUT2D eigenvalue weighted by atomic mass is 9.82. The van der Waals surface area contributed by atoms with Crippen molar-refractivity contribution in [2.45, 2.75) is 24.7 Å². The SMILES string of the molecule is CCOc1ccc(S(=O)(=O)N2CCC(CO)(Cc3ccc(F)cc3)C2)cn1. The lowest BCUT2D eigenvalue weighted by Crippen LogP contribution is -2.35. The molecule has 1 aliphatic heterocycles. The van der Waals surface area contributed by atoms with E-state index in [2.05, 4.69) is 4.98 Å². The van der Waals surface area contributed by atoms with Crippen molar-refractivity contribution in [3.8, 4) is 5.88 Å². The monoisotopic (exact) mass is 394 g/mol. The maximum absolute atomic E-state index is 13.1. The van der Waals surface area contributed by atoms with Crippen LogP contribution in [-0.2, 0) is 16.4 Å². The van der Waals surface area contributed by atoms with Crippen molar-refractivity contribution in [2.75, 3.05) is 26.3 Å². The maximum Gasteiger partial charge on any atom is 0.244 e. The number of aliphatic hydroxyl groups is 1. The molecule has 1 unspecified atom stereocenters. The van der Waals surface area contributed by atoms with Crippen LogP contribution in [-0.4, -0.2) is 49.1 Å². The van der Waals surface area contributed by atoms with E-state index in [0.717, 1.165) is 5.56 Å². The number of benzene rings is 1. The van der Waals surface area contributed by atoms with Gasteiger partial charge in [-0.2, -0.15) is 4.31 Å². The first-order chi connectivity index (χ1) is 12.9. The second-order valence-electron chi connectivity index (χ2n) is 6.82. The molecular weight excluding hydrogens is 371 g/mol. The number of nitrogens with zero attached hydrogens (tertiary/aromatic N) is 2. The zero-order valence-corrected chi connectivity index (χ0v) is 16.0. The molecule has 3 rings (SSSR count). The summed E-state index contributed by atoms with van der Waals surface area (Å²) in [5.41, 5.74) is 0.288. The van der Waals surface area contributed by atoms with Gasteiger partial charge in [0.1, 0.15) is 10.7 Å². The number of ether oxygens (including phenoxy) is 1. The summed E-state index contributed by atoms with van der Waals surface area (Å²) in [7, 11) is -3.71. The van der Waals surface area contributed by atoms with Gasteiger partial charge in [0.25, 0.3) is 0 Å². The molecule has 1 aromatic carbocycles. The highest BCUT2D eigenvalue weighted by Crippen LogP contribution is 2.36. The Kier molecular flexibility index (Phi) is 5.78. The highest BCUT2D eigenvalue weighted by Gasteiger charge is 2.42. The average Bonchev–Trinajstić information content (AvgIpc) is 3.10. The van der Waals surface area contributed by atoms with Crippen LogP contribution in [0.15, 0.2) is 47.5 Å². The van der Waals surface area contributed by atoms with Gasteiger partial charge in [-0.15, -0.1) is 0 Å². The van der Waals surface area contributed by atoms with Crippen LogP contribution in [0.2, 0.25) is 0 Å². The highest BCUT2D eigenvalue weighted by molar-refractivity contribution is 7.89. The lowest BCUT2D eigenvalue weighted by Gasteiger charge is -2.27. The quantitative estimate of drug-likeness (QED) is 0.779. The van der Waals surface area contributed by atoms with Crippen LogP contribution in [0.1, 0.15) is 18.9 Å². The predicted octanol–water partition coefficient (Wildman–Crippen LogP) is 2.24. The number of pyridine rings is 1. The minimum Gasteiger partial charge on any atom is -0.478 e. The summed E-state index contributed by atoms with van der Waals surface area (Å²) >= 11 is 0. The van der Waals surface area contributed by atoms with E-state index < -0.39 is 15.4 Å². The van der Waals surface area contributed by atoms with Crippen LogP contribution >= 0.6 is 0 Å². The van der Waals surface area contributed by atoms with Gasteiger partial charge >= 0.3 is 0 Å². The van der Waals surface area contributed by atoms with E-state index >= 15 is 0 Å². The van der Waals surface area contributed by atoms with Crippen molar-refractivity contribution < 1.29 is 22.7 Å². The number of halogens is 1. The third-order valence-corrected chi connectivity index (χ3v) is 6.70. The Labute approximate surface area is 158 Å². The average molecular weight is 394 g/mol. The molecular formula is C19H23FN2O4S. The van der Waals surface area contributed by atoms with E-state index in [0.29, 0.717) is 31.9 Å². The van der Waals surface area contributed by atoms with Crippen molar-refractivity contribution in [2.24, 2.45) is 5.41 Å². The zero-order chi connectivity index (χ0) is 19.5. The van der Waals surface area contributed by atoms with Crippen LogP contribution in [0.3, 0.4) is 0 Å². The first kappa shape index (κ1) is 19.7. The molecule has 0 spiro atoms. The number of hydrogen-bond acceptors (Lipinski definition) is 5. The van der Waals surface area contributed by atoms with Gasteiger partial charge in [0.15, 0.2) is 0 Å². The van der Waals surface area contributed by atoms with Gasteiger partial charge in [-0.1, -0.05) is 12.1 Å². The van der Waals surface area contributed by atoms with Crippen LogP contribution < -0.4 is 4.74 Å². The summed E-state index contributed by atoms with van der Waals surface area (Å²) < 4.78 is 45.6. The van der Waals surface area contributed by atoms with Gasteiger partial charge in [-0.05, 0) is 43.5 Å². The Morgan fingerprint density at radius 1 is 1.26 bits per heavy atom. The van der Waals surface area contributed by atoms with E-state index in [1.807, 2.05) is 6.92 Å². The fraction of sp³-hybridized carbons (Fsp3) is 0.421. The summed E-state index contributed by atoms with van der Waals surface area (Å²) in [6.07, 6.45) is 2.31. The van der Waals surface area contributed by atoms with Crippen molar-refractivity contribution >= 4 is 10.0 Å². The van der Waals surface area contributed by atoms with Gasteiger partial charge in [-0.3, -0.25) is 0 Å². The zero-order valence-electron chi connectivity index (χ0n) is 15.1. The summed E-state index contributed by atoms with van der Waals surface area (Å²) in [6.45, 7) is 2.66. The number of sulfonamides is 1. The number of aromatic nitrogens is 1. The molecule has 1 aromatic heterocycles. The lowest BCUT2D eigenvalue weighted by molar-refractivity contribution is 0.137. The van der Waals surface area contributed by atoms with E-state index in [1.54, 1.807) is 12.1 Å². The van der Waals surface area contributed by atoms with Crippen molar-refractivity contribution in [1.82, 2.24) is 9.29 Å². The molecule has 1 saturated heterocycles. The van der Waals surface area contributed by atoms with E-state index in [-0.39, 0.29) is 23.9 Å². The van der Waals surface area contributed by atoms with Crippen LogP contribution in [0, 0.1) is 11.2 Å². The summed E-state index contributed by atoms with van der Waals surface area (Å²) in [5.74, 6) is 0.0503.